The van der Waals surface area contributed by atoms with Crippen LogP contribution in [0.1, 0.15) is 29.4 Å². The maximum atomic E-state index is 12.7. The molecule has 0 bridgehead atoms. The lowest BCUT2D eigenvalue weighted by Gasteiger charge is -2.21. The van der Waals surface area contributed by atoms with Crippen LogP contribution in [0.5, 0.6) is 0 Å². The van der Waals surface area contributed by atoms with E-state index in [0.717, 1.165) is 4.47 Å². The van der Waals surface area contributed by atoms with Crippen molar-refractivity contribution >= 4 is 33.3 Å². The number of rotatable bonds is 4. The van der Waals surface area contributed by atoms with Gasteiger partial charge in [0.1, 0.15) is 5.69 Å². The van der Waals surface area contributed by atoms with Gasteiger partial charge in [0, 0.05) is 22.8 Å². The number of carbonyl (C=O) groups excluding carboxylic acids is 2. The number of pyridine rings is 1. The zero-order valence-corrected chi connectivity index (χ0v) is 14.1. The van der Waals surface area contributed by atoms with Crippen LogP contribution in [-0.2, 0) is 10.4 Å². The normalized spacial score (nSPS) is 19.8. The summed E-state index contributed by atoms with van der Waals surface area (Å²) in [4.78, 5) is 30.6. The van der Waals surface area contributed by atoms with E-state index >= 15 is 0 Å². The molecule has 3 rings (SSSR count). The molecule has 1 unspecified atom stereocenters. The lowest BCUT2D eigenvalue weighted by molar-refractivity contribution is -0.135. The molecule has 2 heterocycles. The first kappa shape index (κ1) is 15.8. The zero-order valence-electron chi connectivity index (χ0n) is 12.5. The first-order valence-electron chi connectivity index (χ1n) is 7.26. The number of aromatic nitrogens is 1. The smallest absolute Gasteiger partial charge is 0.264 e. The predicted octanol–water partition coefficient (Wildman–Crippen LogP) is 2.67. The van der Waals surface area contributed by atoms with E-state index in [0.29, 0.717) is 17.8 Å². The Bertz CT molecular complexity index is 779. The van der Waals surface area contributed by atoms with Crippen molar-refractivity contribution in [3.05, 3.63) is 58.3 Å². The van der Waals surface area contributed by atoms with Gasteiger partial charge in [0.25, 0.3) is 5.91 Å². The van der Waals surface area contributed by atoms with E-state index in [-0.39, 0.29) is 17.9 Å². The van der Waals surface area contributed by atoms with Gasteiger partial charge in [-0.1, -0.05) is 22.0 Å². The van der Waals surface area contributed by atoms with Crippen LogP contribution in [0.3, 0.4) is 0 Å². The van der Waals surface area contributed by atoms with E-state index in [1.54, 1.807) is 36.4 Å². The van der Waals surface area contributed by atoms with Crippen molar-refractivity contribution in [2.75, 3.05) is 11.4 Å². The fourth-order valence-corrected chi connectivity index (χ4v) is 3.22. The Hall–Kier alpha value is -2.05. The zero-order chi connectivity index (χ0) is 16.6. The van der Waals surface area contributed by atoms with Gasteiger partial charge in [0.05, 0.1) is 12.1 Å². The van der Waals surface area contributed by atoms with Gasteiger partial charge in [-0.05, 0) is 37.3 Å². The Morgan fingerprint density at radius 3 is 2.78 bits per heavy atom. The number of aliphatic hydroxyl groups is 1. The summed E-state index contributed by atoms with van der Waals surface area (Å²) < 4.78 is 0.741. The van der Waals surface area contributed by atoms with Crippen LogP contribution in [0.25, 0.3) is 0 Å². The molecule has 0 fully saturated rings. The van der Waals surface area contributed by atoms with Crippen molar-refractivity contribution in [2.45, 2.75) is 18.9 Å². The van der Waals surface area contributed by atoms with Crippen molar-refractivity contribution in [3.63, 3.8) is 0 Å². The van der Waals surface area contributed by atoms with E-state index in [2.05, 4.69) is 20.9 Å². The second kappa shape index (κ2) is 5.86. The number of likely N-dealkylation sites (N-methyl/N-ethyl adjacent to an activating group) is 1. The van der Waals surface area contributed by atoms with Gasteiger partial charge >= 0.3 is 0 Å². The fraction of sp³-hybridized carbons (Fsp3) is 0.235. The quantitative estimate of drug-likeness (QED) is 0.835. The molecule has 118 valence electrons. The molecule has 6 heteroatoms. The number of anilines is 1. The van der Waals surface area contributed by atoms with E-state index in [4.69, 9.17) is 0 Å². The molecule has 1 N–H and O–H groups in total. The van der Waals surface area contributed by atoms with Crippen molar-refractivity contribution in [1.29, 1.82) is 0 Å². The summed E-state index contributed by atoms with van der Waals surface area (Å²) in [5, 5.41) is 11.0. The first-order valence-corrected chi connectivity index (χ1v) is 8.05. The Balaban J connectivity index is 2.02. The summed E-state index contributed by atoms with van der Waals surface area (Å²) >= 11 is 3.35. The second-order valence-electron chi connectivity index (χ2n) is 5.39. The number of halogens is 1. The fourth-order valence-electron chi connectivity index (χ4n) is 2.86. The van der Waals surface area contributed by atoms with Crippen LogP contribution in [-0.4, -0.2) is 28.3 Å². The van der Waals surface area contributed by atoms with Gasteiger partial charge in [-0.3, -0.25) is 14.6 Å². The number of hydrogen-bond donors (Lipinski definition) is 1. The number of Topliss-reactive ketones (excluding diaryl/α,β-unsaturated/α-hetero) is 1. The molecule has 1 aromatic heterocycles. The minimum absolute atomic E-state index is 0.236. The topological polar surface area (TPSA) is 70.5 Å². The Labute approximate surface area is 142 Å². The molecule has 0 aliphatic carbocycles. The summed E-state index contributed by atoms with van der Waals surface area (Å²) in [7, 11) is 0. The Morgan fingerprint density at radius 2 is 2.13 bits per heavy atom. The molecule has 23 heavy (non-hydrogen) atoms. The van der Waals surface area contributed by atoms with Gasteiger partial charge in [0.2, 0.25) is 0 Å². The first-order chi connectivity index (χ1) is 11.0. The highest BCUT2D eigenvalue weighted by Gasteiger charge is 2.50. The van der Waals surface area contributed by atoms with Gasteiger partial charge in [-0.25, -0.2) is 0 Å². The monoisotopic (exact) mass is 374 g/mol. The highest BCUT2D eigenvalue weighted by atomic mass is 79.9. The molecule has 0 spiro atoms. The van der Waals surface area contributed by atoms with Crippen molar-refractivity contribution in [1.82, 2.24) is 4.98 Å². The highest BCUT2D eigenvalue weighted by Crippen LogP contribution is 2.43. The number of carbonyl (C=O) groups is 2. The highest BCUT2D eigenvalue weighted by molar-refractivity contribution is 9.10. The van der Waals surface area contributed by atoms with Crippen LogP contribution in [0.4, 0.5) is 5.69 Å². The number of amides is 1. The van der Waals surface area contributed by atoms with Crippen LogP contribution >= 0.6 is 15.9 Å². The molecule has 5 nitrogen and oxygen atoms in total. The molecule has 1 atom stereocenters. The van der Waals surface area contributed by atoms with Gasteiger partial charge < -0.3 is 10.0 Å². The lowest BCUT2D eigenvalue weighted by atomic mass is 9.89. The van der Waals surface area contributed by atoms with E-state index in [1.165, 1.54) is 11.1 Å². The number of hydrogen-bond acceptors (Lipinski definition) is 4. The third-order valence-corrected chi connectivity index (χ3v) is 4.47. The minimum atomic E-state index is -1.86. The summed E-state index contributed by atoms with van der Waals surface area (Å²) in [5.41, 5.74) is -0.538. The maximum Gasteiger partial charge on any atom is 0.264 e. The number of nitrogens with zero attached hydrogens (tertiary/aromatic N) is 2. The molecule has 2 aromatic rings. The van der Waals surface area contributed by atoms with Gasteiger partial charge in [-0.2, -0.15) is 0 Å². The van der Waals surface area contributed by atoms with Crippen LogP contribution in [0.2, 0.25) is 0 Å². The second-order valence-corrected chi connectivity index (χ2v) is 6.30. The van der Waals surface area contributed by atoms with E-state index < -0.39 is 11.5 Å². The predicted molar refractivity (Wildman–Crippen MR) is 89.3 cm³/mol. The van der Waals surface area contributed by atoms with Crippen molar-refractivity contribution in [2.24, 2.45) is 0 Å². The molecule has 0 saturated heterocycles. The van der Waals surface area contributed by atoms with Gasteiger partial charge in [0.15, 0.2) is 11.4 Å². The van der Waals surface area contributed by atoms with Gasteiger partial charge in [-0.15, -0.1) is 0 Å². The summed E-state index contributed by atoms with van der Waals surface area (Å²) in [6.07, 6.45) is 1.18. The molecular weight excluding hydrogens is 360 g/mol. The largest absolute Gasteiger partial charge is 0.375 e. The summed E-state index contributed by atoms with van der Waals surface area (Å²) in [6, 6.07) is 10.2. The average molecular weight is 375 g/mol. The number of ketones is 1. The third kappa shape index (κ3) is 2.58. The molecular formula is C17H15BrN2O3. The Morgan fingerprint density at radius 1 is 1.35 bits per heavy atom. The van der Waals surface area contributed by atoms with Crippen LogP contribution < -0.4 is 4.90 Å². The standard InChI is InChI=1S/C17H15BrN2O3/c1-2-20-14-7-6-11(18)9-12(14)17(23,16(20)22)10-15(21)13-5-3-4-8-19-13/h3-9,23H,2,10H2,1H3. The van der Waals surface area contributed by atoms with Crippen molar-refractivity contribution < 1.29 is 14.7 Å². The summed E-state index contributed by atoms with van der Waals surface area (Å²) in [5.74, 6) is -0.845. The SMILES string of the molecule is CCN1C(=O)C(O)(CC(=O)c2ccccn2)c2cc(Br)ccc21. The average Bonchev–Trinajstić information content (AvgIpc) is 2.76. The number of benzene rings is 1. The number of fused-ring (bicyclic) bond motifs is 1. The third-order valence-electron chi connectivity index (χ3n) is 3.98. The molecule has 1 aliphatic heterocycles. The summed E-state index contributed by atoms with van der Waals surface area (Å²) in [6.45, 7) is 2.25. The molecule has 0 radical (unpaired) electrons. The minimum Gasteiger partial charge on any atom is -0.375 e. The Kier molecular flexibility index (Phi) is 4.04. The van der Waals surface area contributed by atoms with Crippen molar-refractivity contribution in [3.8, 4) is 0 Å². The molecule has 1 aromatic carbocycles. The molecule has 0 saturated carbocycles. The van der Waals surface area contributed by atoms with E-state index in [1.807, 2.05) is 6.92 Å². The molecule has 1 aliphatic rings. The maximum absolute atomic E-state index is 12.7. The van der Waals surface area contributed by atoms with E-state index in [9.17, 15) is 14.7 Å². The lowest BCUT2D eigenvalue weighted by Crippen LogP contribution is -2.41. The van der Waals surface area contributed by atoms with Crippen LogP contribution in [0.15, 0.2) is 47.1 Å². The molecule has 1 amide bonds. The van der Waals surface area contributed by atoms with Crippen LogP contribution in [0, 0.1) is 0 Å².